The third-order valence-corrected chi connectivity index (χ3v) is 4.05. The largest absolute Gasteiger partial charge is 0.256 e. The number of fused-ring (bicyclic) bond motifs is 1. The van der Waals surface area contributed by atoms with Gasteiger partial charge in [-0.25, -0.2) is 8.42 Å². The fourth-order valence-corrected chi connectivity index (χ4v) is 2.33. The van der Waals surface area contributed by atoms with Gasteiger partial charge in [-0.15, -0.1) is 0 Å². The summed E-state index contributed by atoms with van der Waals surface area (Å²) in [5.41, 5.74) is 0.813. The minimum atomic E-state index is -3.12. The van der Waals surface area contributed by atoms with E-state index < -0.39 is 9.84 Å². The van der Waals surface area contributed by atoms with Crippen molar-refractivity contribution < 1.29 is 8.42 Å². The number of rotatable bonds is 2. The van der Waals surface area contributed by atoms with Crippen molar-refractivity contribution in [3.63, 3.8) is 0 Å². The van der Waals surface area contributed by atoms with Gasteiger partial charge in [0.15, 0.2) is 9.84 Å². The molecular weight excluding hydrogens is 210 g/mol. The van der Waals surface area contributed by atoms with Crippen LogP contribution in [0.15, 0.2) is 41.4 Å². The van der Waals surface area contributed by atoms with Crippen molar-refractivity contribution in [2.24, 2.45) is 0 Å². The summed E-state index contributed by atoms with van der Waals surface area (Å²) in [7, 11) is -3.12. The average Bonchev–Trinajstić information content (AvgIpc) is 2.28. The molecule has 0 aliphatic rings. The number of pyridine rings is 1. The molecule has 0 aliphatic heterocycles. The molecule has 1 heterocycles. The van der Waals surface area contributed by atoms with E-state index in [2.05, 4.69) is 4.98 Å². The fourth-order valence-electron chi connectivity index (χ4n) is 1.41. The third kappa shape index (κ3) is 1.85. The molecular formula is C11H11NO2S. The molecule has 0 N–H and O–H groups in total. The van der Waals surface area contributed by atoms with Crippen LogP contribution in [0.3, 0.4) is 0 Å². The highest BCUT2D eigenvalue weighted by molar-refractivity contribution is 7.91. The second-order valence-electron chi connectivity index (χ2n) is 3.26. The molecule has 2 aromatic rings. The minimum absolute atomic E-state index is 0.124. The van der Waals surface area contributed by atoms with Gasteiger partial charge in [-0.2, -0.15) is 0 Å². The van der Waals surface area contributed by atoms with E-state index in [1.165, 1.54) is 0 Å². The zero-order valence-corrected chi connectivity index (χ0v) is 9.16. The highest BCUT2D eigenvalue weighted by atomic mass is 32.2. The Hall–Kier alpha value is -1.42. The Morgan fingerprint density at radius 3 is 2.80 bits per heavy atom. The molecule has 0 amide bonds. The Morgan fingerprint density at radius 2 is 2.07 bits per heavy atom. The maximum atomic E-state index is 11.6. The molecule has 0 unspecified atom stereocenters. The zero-order chi connectivity index (χ0) is 10.9. The topological polar surface area (TPSA) is 47.0 Å². The molecule has 4 heteroatoms. The molecule has 2 rings (SSSR count). The summed E-state index contributed by atoms with van der Waals surface area (Å²) in [6, 6.07) is 8.66. The molecule has 0 fully saturated rings. The molecule has 0 atom stereocenters. The van der Waals surface area contributed by atoms with Crippen LogP contribution in [-0.2, 0) is 9.84 Å². The Balaban J connectivity index is 2.67. The first-order valence-electron chi connectivity index (χ1n) is 4.71. The van der Waals surface area contributed by atoms with E-state index in [-0.39, 0.29) is 5.75 Å². The number of benzene rings is 1. The first kappa shape index (κ1) is 10.1. The van der Waals surface area contributed by atoms with Gasteiger partial charge in [-0.1, -0.05) is 13.0 Å². The summed E-state index contributed by atoms with van der Waals surface area (Å²) in [6.45, 7) is 1.64. The number of aromatic nitrogens is 1. The highest BCUT2D eigenvalue weighted by Crippen LogP contribution is 2.17. The predicted molar refractivity (Wildman–Crippen MR) is 59.5 cm³/mol. The standard InChI is InChI=1S/C11H11NO2S/c1-2-15(13,14)10-5-6-11-9(8-10)4-3-7-12-11/h3-8H,2H2,1H3. The van der Waals surface area contributed by atoms with E-state index in [1.807, 2.05) is 6.07 Å². The Labute approximate surface area is 88.7 Å². The van der Waals surface area contributed by atoms with Gasteiger partial charge in [0, 0.05) is 11.6 Å². The summed E-state index contributed by atoms with van der Waals surface area (Å²) in [5.74, 6) is 0.124. The molecule has 78 valence electrons. The number of hydrogen-bond acceptors (Lipinski definition) is 3. The lowest BCUT2D eigenvalue weighted by molar-refractivity contribution is 0.597. The molecule has 1 aromatic heterocycles. The molecule has 0 bridgehead atoms. The van der Waals surface area contributed by atoms with Crippen molar-refractivity contribution in [2.45, 2.75) is 11.8 Å². The summed E-state index contributed by atoms with van der Waals surface area (Å²) < 4.78 is 23.2. The van der Waals surface area contributed by atoms with Crippen LogP contribution >= 0.6 is 0 Å². The van der Waals surface area contributed by atoms with Crippen molar-refractivity contribution in [1.82, 2.24) is 4.98 Å². The number of hydrogen-bond donors (Lipinski definition) is 0. The van der Waals surface area contributed by atoms with Crippen LogP contribution in [-0.4, -0.2) is 19.2 Å². The van der Waals surface area contributed by atoms with Gasteiger partial charge >= 0.3 is 0 Å². The number of sulfone groups is 1. The van der Waals surface area contributed by atoms with Gasteiger partial charge in [0.05, 0.1) is 16.2 Å². The van der Waals surface area contributed by atoms with Crippen LogP contribution in [0.1, 0.15) is 6.92 Å². The molecule has 0 aliphatic carbocycles. The van der Waals surface area contributed by atoms with Crippen LogP contribution < -0.4 is 0 Å². The highest BCUT2D eigenvalue weighted by Gasteiger charge is 2.11. The van der Waals surface area contributed by atoms with E-state index in [9.17, 15) is 8.42 Å². The average molecular weight is 221 g/mol. The minimum Gasteiger partial charge on any atom is -0.256 e. The van der Waals surface area contributed by atoms with E-state index in [0.29, 0.717) is 4.90 Å². The summed E-state index contributed by atoms with van der Waals surface area (Å²) in [5, 5.41) is 0.854. The molecule has 0 saturated heterocycles. The first-order chi connectivity index (χ1) is 7.13. The summed E-state index contributed by atoms with van der Waals surface area (Å²) in [4.78, 5) is 4.50. The zero-order valence-electron chi connectivity index (χ0n) is 8.34. The van der Waals surface area contributed by atoms with Crippen LogP contribution in [0, 0.1) is 0 Å². The maximum Gasteiger partial charge on any atom is 0.178 e. The van der Waals surface area contributed by atoms with Gasteiger partial charge in [-0.3, -0.25) is 4.98 Å². The summed E-state index contributed by atoms with van der Waals surface area (Å²) >= 11 is 0. The smallest absolute Gasteiger partial charge is 0.178 e. The van der Waals surface area contributed by atoms with Gasteiger partial charge in [0.25, 0.3) is 0 Å². The molecule has 3 nitrogen and oxygen atoms in total. The lowest BCUT2D eigenvalue weighted by Gasteiger charge is -2.02. The second-order valence-corrected chi connectivity index (χ2v) is 5.54. The van der Waals surface area contributed by atoms with E-state index in [1.54, 1.807) is 37.4 Å². The lowest BCUT2D eigenvalue weighted by Crippen LogP contribution is -2.03. The van der Waals surface area contributed by atoms with Crippen molar-refractivity contribution >= 4 is 20.7 Å². The quantitative estimate of drug-likeness (QED) is 0.779. The van der Waals surface area contributed by atoms with E-state index in [4.69, 9.17) is 0 Å². The van der Waals surface area contributed by atoms with Crippen LogP contribution in [0.25, 0.3) is 10.9 Å². The van der Waals surface area contributed by atoms with Crippen LogP contribution in [0.5, 0.6) is 0 Å². The molecule has 0 radical (unpaired) electrons. The van der Waals surface area contributed by atoms with Gasteiger partial charge in [-0.05, 0) is 24.3 Å². The van der Waals surface area contributed by atoms with Gasteiger partial charge < -0.3 is 0 Å². The Morgan fingerprint density at radius 1 is 1.27 bits per heavy atom. The van der Waals surface area contributed by atoms with Gasteiger partial charge in [0.1, 0.15) is 0 Å². The maximum absolute atomic E-state index is 11.6. The molecule has 0 spiro atoms. The summed E-state index contributed by atoms with van der Waals surface area (Å²) in [6.07, 6.45) is 1.69. The van der Waals surface area contributed by atoms with Crippen LogP contribution in [0.4, 0.5) is 0 Å². The normalized spacial score (nSPS) is 11.8. The first-order valence-corrected chi connectivity index (χ1v) is 6.36. The molecule has 0 saturated carbocycles. The van der Waals surface area contributed by atoms with Crippen molar-refractivity contribution in [3.8, 4) is 0 Å². The fraction of sp³-hybridized carbons (Fsp3) is 0.182. The second kappa shape index (κ2) is 3.62. The Kier molecular flexibility index (Phi) is 2.44. The monoisotopic (exact) mass is 221 g/mol. The Bertz CT molecular complexity index is 590. The van der Waals surface area contributed by atoms with Crippen molar-refractivity contribution in [1.29, 1.82) is 0 Å². The molecule has 1 aromatic carbocycles. The van der Waals surface area contributed by atoms with E-state index in [0.717, 1.165) is 10.9 Å². The molecule has 15 heavy (non-hydrogen) atoms. The van der Waals surface area contributed by atoms with Crippen molar-refractivity contribution in [3.05, 3.63) is 36.5 Å². The SMILES string of the molecule is CCS(=O)(=O)c1ccc2ncccc2c1. The van der Waals surface area contributed by atoms with Gasteiger partial charge in [0.2, 0.25) is 0 Å². The predicted octanol–water partition coefficient (Wildman–Crippen LogP) is 2.03. The van der Waals surface area contributed by atoms with Crippen LogP contribution in [0.2, 0.25) is 0 Å². The number of nitrogens with zero attached hydrogens (tertiary/aromatic N) is 1. The van der Waals surface area contributed by atoms with Crippen molar-refractivity contribution in [2.75, 3.05) is 5.75 Å². The third-order valence-electron chi connectivity index (χ3n) is 2.31. The van der Waals surface area contributed by atoms with E-state index >= 15 is 0 Å². The lowest BCUT2D eigenvalue weighted by atomic mass is 10.2.